The first-order chi connectivity index (χ1) is 10.6. The van der Waals surface area contributed by atoms with Crippen molar-refractivity contribution in [2.45, 2.75) is 18.1 Å². The van der Waals surface area contributed by atoms with Gasteiger partial charge in [-0.15, -0.1) is 0 Å². The highest BCUT2D eigenvalue weighted by atomic mass is 32.2. The summed E-state index contributed by atoms with van der Waals surface area (Å²) in [5.41, 5.74) is 1.56. The third-order valence-electron chi connectivity index (χ3n) is 3.60. The van der Waals surface area contributed by atoms with Gasteiger partial charge in [-0.25, -0.2) is 8.42 Å². The van der Waals surface area contributed by atoms with Crippen LogP contribution in [0, 0.1) is 5.92 Å². The zero-order chi connectivity index (χ0) is 15.6. The Bertz CT molecular complexity index is 763. The van der Waals surface area contributed by atoms with E-state index in [4.69, 9.17) is 0 Å². The quantitative estimate of drug-likeness (QED) is 0.896. The van der Waals surface area contributed by atoms with E-state index in [2.05, 4.69) is 14.7 Å². The molecule has 1 saturated carbocycles. The lowest BCUT2D eigenvalue weighted by atomic mass is 10.1. The van der Waals surface area contributed by atoms with Crippen LogP contribution in [0.5, 0.6) is 0 Å². The van der Waals surface area contributed by atoms with Gasteiger partial charge in [0.15, 0.2) is 0 Å². The SMILES string of the molecule is O=C(NS(=O)(=O)Cc1cccnc1)[C@@H]1C[C@H]1c1ccncc1. The van der Waals surface area contributed by atoms with E-state index in [9.17, 15) is 13.2 Å². The molecule has 2 aromatic rings. The maximum atomic E-state index is 12.1. The van der Waals surface area contributed by atoms with Crippen LogP contribution in [0.25, 0.3) is 0 Å². The average Bonchev–Trinajstić information content (AvgIpc) is 3.29. The molecule has 2 aromatic heterocycles. The second-order valence-electron chi connectivity index (χ2n) is 5.32. The Kier molecular flexibility index (Phi) is 3.89. The fourth-order valence-corrected chi connectivity index (χ4v) is 3.57. The molecule has 7 heteroatoms. The Labute approximate surface area is 128 Å². The van der Waals surface area contributed by atoms with E-state index in [1.165, 1.54) is 6.20 Å². The molecule has 0 spiro atoms. The van der Waals surface area contributed by atoms with Crippen molar-refractivity contribution in [2.24, 2.45) is 5.92 Å². The summed E-state index contributed by atoms with van der Waals surface area (Å²) in [6, 6.07) is 7.02. The fraction of sp³-hybridized carbons (Fsp3) is 0.267. The van der Waals surface area contributed by atoms with Gasteiger partial charge in [0.25, 0.3) is 0 Å². The first-order valence-corrected chi connectivity index (χ1v) is 8.53. The van der Waals surface area contributed by atoms with Crippen LogP contribution in [-0.2, 0) is 20.6 Å². The van der Waals surface area contributed by atoms with Crippen molar-refractivity contribution in [2.75, 3.05) is 0 Å². The number of hydrogen-bond acceptors (Lipinski definition) is 5. The van der Waals surface area contributed by atoms with Crippen LogP contribution >= 0.6 is 0 Å². The highest BCUT2D eigenvalue weighted by Gasteiger charge is 2.44. The van der Waals surface area contributed by atoms with E-state index in [-0.39, 0.29) is 17.6 Å². The van der Waals surface area contributed by atoms with E-state index < -0.39 is 15.9 Å². The standard InChI is InChI=1S/C15H15N3O3S/c19-15(14-8-13(14)12-3-6-16-7-4-12)18-22(20,21)10-11-2-1-5-17-9-11/h1-7,9,13-14H,8,10H2,(H,18,19)/t13-,14+/m0/s1. The Morgan fingerprint density at radius 3 is 2.64 bits per heavy atom. The van der Waals surface area contributed by atoms with Gasteiger partial charge in [0.2, 0.25) is 15.9 Å². The van der Waals surface area contributed by atoms with Crippen LogP contribution < -0.4 is 4.72 Å². The van der Waals surface area contributed by atoms with Crippen LogP contribution in [0.15, 0.2) is 49.1 Å². The number of hydrogen-bond donors (Lipinski definition) is 1. The molecule has 0 aromatic carbocycles. The Balaban J connectivity index is 1.61. The minimum absolute atomic E-state index is 0.0802. The number of carbonyl (C=O) groups excluding carboxylic acids is 1. The van der Waals surface area contributed by atoms with Crippen molar-refractivity contribution in [1.82, 2.24) is 14.7 Å². The van der Waals surface area contributed by atoms with E-state index in [1.807, 2.05) is 12.1 Å². The average molecular weight is 317 g/mol. The van der Waals surface area contributed by atoms with Crippen LogP contribution in [0.1, 0.15) is 23.5 Å². The molecule has 0 radical (unpaired) electrons. The summed E-state index contributed by atoms with van der Waals surface area (Å²) in [6.07, 6.45) is 7.04. The molecule has 1 aliphatic rings. The van der Waals surface area contributed by atoms with E-state index in [1.54, 1.807) is 30.7 Å². The molecule has 1 amide bonds. The fourth-order valence-electron chi connectivity index (χ4n) is 2.43. The van der Waals surface area contributed by atoms with Gasteiger partial charge in [0, 0.05) is 30.7 Å². The van der Waals surface area contributed by atoms with Gasteiger partial charge in [0.1, 0.15) is 0 Å². The molecule has 3 rings (SSSR count). The van der Waals surface area contributed by atoms with Gasteiger partial charge in [-0.05, 0) is 41.7 Å². The van der Waals surface area contributed by atoms with E-state index in [0.717, 1.165) is 5.56 Å². The van der Waals surface area contributed by atoms with Crippen molar-refractivity contribution in [1.29, 1.82) is 0 Å². The summed E-state index contributed by atoms with van der Waals surface area (Å²) in [5.74, 6) is -0.896. The smallest absolute Gasteiger partial charge is 0.239 e. The highest BCUT2D eigenvalue weighted by molar-refractivity contribution is 7.89. The van der Waals surface area contributed by atoms with Crippen molar-refractivity contribution in [3.05, 3.63) is 60.2 Å². The number of sulfonamides is 1. The lowest BCUT2D eigenvalue weighted by Crippen LogP contribution is -2.33. The number of carbonyl (C=O) groups is 1. The summed E-state index contributed by atoms with van der Waals surface area (Å²) in [7, 11) is -3.70. The second kappa shape index (κ2) is 5.84. The van der Waals surface area contributed by atoms with Gasteiger partial charge in [-0.2, -0.15) is 0 Å². The monoisotopic (exact) mass is 317 g/mol. The Morgan fingerprint density at radius 1 is 1.18 bits per heavy atom. The molecular weight excluding hydrogens is 302 g/mol. The van der Waals surface area contributed by atoms with Crippen molar-refractivity contribution in [3.8, 4) is 0 Å². The van der Waals surface area contributed by atoms with Gasteiger partial charge in [0.05, 0.1) is 5.75 Å². The summed E-state index contributed by atoms with van der Waals surface area (Å²) in [6.45, 7) is 0. The molecule has 6 nitrogen and oxygen atoms in total. The zero-order valence-corrected chi connectivity index (χ0v) is 12.5. The van der Waals surface area contributed by atoms with Crippen LogP contribution in [0.3, 0.4) is 0 Å². The molecule has 2 heterocycles. The maximum Gasteiger partial charge on any atom is 0.239 e. The Morgan fingerprint density at radius 2 is 1.95 bits per heavy atom. The maximum absolute atomic E-state index is 12.1. The van der Waals surface area contributed by atoms with E-state index >= 15 is 0 Å². The molecule has 22 heavy (non-hydrogen) atoms. The van der Waals surface area contributed by atoms with Gasteiger partial charge >= 0.3 is 0 Å². The molecule has 114 valence electrons. The number of nitrogens with one attached hydrogen (secondary N) is 1. The minimum atomic E-state index is -3.70. The number of nitrogens with zero attached hydrogens (tertiary/aromatic N) is 2. The zero-order valence-electron chi connectivity index (χ0n) is 11.7. The molecule has 2 atom stereocenters. The Hall–Kier alpha value is -2.28. The summed E-state index contributed by atoms with van der Waals surface area (Å²) < 4.78 is 26.2. The van der Waals surface area contributed by atoms with Crippen LogP contribution in [0.4, 0.5) is 0 Å². The number of rotatable bonds is 5. The molecule has 0 saturated heterocycles. The third-order valence-corrected chi connectivity index (χ3v) is 4.82. The lowest BCUT2D eigenvalue weighted by Gasteiger charge is -2.06. The first kappa shape index (κ1) is 14.6. The number of aromatic nitrogens is 2. The lowest BCUT2D eigenvalue weighted by molar-refractivity contribution is -0.120. The molecule has 1 aliphatic carbocycles. The summed E-state index contributed by atoms with van der Waals surface area (Å²) in [5, 5.41) is 0. The van der Waals surface area contributed by atoms with Crippen molar-refractivity contribution < 1.29 is 13.2 Å². The predicted octanol–water partition coefficient (Wildman–Crippen LogP) is 1.23. The summed E-state index contributed by atoms with van der Waals surface area (Å²) >= 11 is 0. The van der Waals surface area contributed by atoms with Gasteiger partial charge < -0.3 is 0 Å². The second-order valence-corrected chi connectivity index (χ2v) is 7.04. The molecule has 0 unspecified atom stereocenters. The minimum Gasteiger partial charge on any atom is -0.274 e. The van der Waals surface area contributed by atoms with Gasteiger partial charge in [-0.3, -0.25) is 19.5 Å². The molecular formula is C15H15N3O3S. The number of pyridine rings is 2. The predicted molar refractivity (Wildman–Crippen MR) is 80.1 cm³/mol. The molecule has 1 N–H and O–H groups in total. The largest absolute Gasteiger partial charge is 0.274 e. The first-order valence-electron chi connectivity index (χ1n) is 6.88. The molecule has 0 aliphatic heterocycles. The van der Waals surface area contributed by atoms with E-state index in [0.29, 0.717) is 12.0 Å². The van der Waals surface area contributed by atoms with Crippen molar-refractivity contribution >= 4 is 15.9 Å². The highest BCUT2D eigenvalue weighted by Crippen LogP contribution is 2.47. The van der Waals surface area contributed by atoms with Gasteiger partial charge in [-0.1, -0.05) is 6.07 Å². The van der Waals surface area contributed by atoms with Crippen LogP contribution in [0.2, 0.25) is 0 Å². The van der Waals surface area contributed by atoms with Crippen LogP contribution in [-0.4, -0.2) is 24.3 Å². The topological polar surface area (TPSA) is 89.0 Å². The normalized spacial score (nSPS) is 20.4. The summed E-state index contributed by atoms with van der Waals surface area (Å²) in [4.78, 5) is 19.9. The number of amides is 1. The molecule has 1 fully saturated rings. The van der Waals surface area contributed by atoms with Crippen molar-refractivity contribution in [3.63, 3.8) is 0 Å². The third kappa shape index (κ3) is 3.48. The molecule has 0 bridgehead atoms.